The molecule has 2 aliphatic rings. The van der Waals surface area contributed by atoms with Gasteiger partial charge in [-0.25, -0.2) is 0 Å². The number of guanidine groups is 1. The van der Waals surface area contributed by atoms with Crippen LogP contribution in [0.4, 0.5) is 0 Å². The van der Waals surface area contributed by atoms with Crippen LogP contribution in [-0.2, 0) is 11.8 Å². The smallest absolute Gasteiger partial charge is 0.193 e. The molecule has 2 atom stereocenters. The number of hydrogen-bond donors (Lipinski definition) is 1. The van der Waals surface area contributed by atoms with Gasteiger partial charge in [0.15, 0.2) is 5.96 Å². The van der Waals surface area contributed by atoms with Crippen LogP contribution < -0.4 is 5.32 Å². The summed E-state index contributed by atoms with van der Waals surface area (Å²) in [6, 6.07) is 0. The van der Waals surface area contributed by atoms with Gasteiger partial charge in [0.05, 0.1) is 12.3 Å². The molecule has 0 spiro atoms. The molecule has 2 saturated heterocycles. The molecule has 6 nitrogen and oxygen atoms in total. The van der Waals surface area contributed by atoms with Gasteiger partial charge in [-0.15, -0.1) is 24.0 Å². The summed E-state index contributed by atoms with van der Waals surface area (Å²) in [7, 11) is 3.84. The highest BCUT2D eigenvalue weighted by Gasteiger charge is 2.27. The molecule has 2 aliphatic heterocycles. The van der Waals surface area contributed by atoms with Crippen LogP contribution in [0.15, 0.2) is 17.4 Å². The van der Waals surface area contributed by atoms with Crippen molar-refractivity contribution in [2.45, 2.75) is 37.7 Å². The van der Waals surface area contributed by atoms with Gasteiger partial charge in [-0.3, -0.25) is 9.67 Å². The van der Waals surface area contributed by atoms with Crippen LogP contribution in [0.5, 0.6) is 0 Å². The standard InChI is InChI=1S/C16H27N5O.HI/c1-17-16(18-10-15-5-3-4-8-22-15)21-7-6-13(12-21)14-9-19-20(2)11-14;/h9,11,13,15H,3-8,10,12H2,1-2H3,(H,17,18);1H. The fourth-order valence-corrected chi connectivity index (χ4v) is 3.38. The molecular weight excluding hydrogens is 405 g/mol. The van der Waals surface area contributed by atoms with E-state index in [-0.39, 0.29) is 24.0 Å². The van der Waals surface area contributed by atoms with Crippen molar-refractivity contribution in [1.29, 1.82) is 0 Å². The normalized spacial score (nSPS) is 25.3. The number of nitrogens with one attached hydrogen (secondary N) is 1. The summed E-state index contributed by atoms with van der Waals surface area (Å²) in [5, 5.41) is 7.77. The molecule has 0 aliphatic carbocycles. The number of likely N-dealkylation sites (tertiary alicyclic amines) is 1. The van der Waals surface area contributed by atoms with Crippen molar-refractivity contribution in [1.82, 2.24) is 20.0 Å². The first-order chi connectivity index (χ1) is 10.8. The number of nitrogens with zero attached hydrogens (tertiary/aromatic N) is 4. The van der Waals surface area contributed by atoms with Crippen LogP contribution in [0.3, 0.4) is 0 Å². The Bertz CT molecular complexity index is 512. The fraction of sp³-hybridized carbons (Fsp3) is 0.750. The number of hydrogen-bond acceptors (Lipinski definition) is 3. The highest BCUT2D eigenvalue weighted by atomic mass is 127. The zero-order valence-corrected chi connectivity index (χ0v) is 16.4. The Morgan fingerprint density at radius 3 is 2.96 bits per heavy atom. The van der Waals surface area contributed by atoms with Crippen LogP contribution in [-0.4, -0.2) is 60.0 Å². The van der Waals surface area contributed by atoms with Gasteiger partial charge in [-0.1, -0.05) is 0 Å². The van der Waals surface area contributed by atoms with E-state index in [1.54, 1.807) is 0 Å². The second-order valence-electron chi connectivity index (χ2n) is 6.30. The molecule has 1 aromatic rings. The van der Waals surface area contributed by atoms with Crippen LogP contribution in [0.2, 0.25) is 0 Å². The Labute approximate surface area is 155 Å². The fourth-order valence-electron chi connectivity index (χ4n) is 3.38. The molecule has 0 radical (unpaired) electrons. The highest BCUT2D eigenvalue weighted by molar-refractivity contribution is 14.0. The third-order valence-electron chi connectivity index (χ3n) is 4.66. The third-order valence-corrected chi connectivity index (χ3v) is 4.66. The van der Waals surface area contributed by atoms with Crippen LogP contribution in [0.1, 0.15) is 37.2 Å². The summed E-state index contributed by atoms with van der Waals surface area (Å²) in [5.74, 6) is 1.55. The molecule has 7 heteroatoms. The van der Waals surface area contributed by atoms with Crippen LogP contribution in [0.25, 0.3) is 0 Å². The van der Waals surface area contributed by atoms with E-state index in [1.807, 2.05) is 25.0 Å². The summed E-state index contributed by atoms with van der Waals surface area (Å²) in [5.41, 5.74) is 1.33. The number of halogens is 1. The largest absolute Gasteiger partial charge is 0.376 e. The first-order valence-corrected chi connectivity index (χ1v) is 8.32. The number of aryl methyl sites for hydroxylation is 1. The monoisotopic (exact) mass is 433 g/mol. The lowest BCUT2D eigenvalue weighted by atomic mass is 10.0. The lowest BCUT2D eigenvalue weighted by Crippen LogP contribution is -2.44. The minimum absolute atomic E-state index is 0. The van der Waals surface area contributed by atoms with Crippen LogP contribution >= 0.6 is 24.0 Å². The maximum Gasteiger partial charge on any atom is 0.193 e. The Kier molecular flexibility index (Phi) is 7.13. The lowest BCUT2D eigenvalue weighted by Gasteiger charge is -2.26. The van der Waals surface area contributed by atoms with E-state index in [2.05, 4.69) is 26.5 Å². The topological polar surface area (TPSA) is 54.7 Å². The minimum Gasteiger partial charge on any atom is -0.376 e. The van der Waals surface area contributed by atoms with Crippen molar-refractivity contribution in [2.24, 2.45) is 12.0 Å². The molecule has 0 amide bonds. The van der Waals surface area contributed by atoms with Gasteiger partial charge >= 0.3 is 0 Å². The van der Waals surface area contributed by atoms with E-state index < -0.39 is 0 Å². The Hall–Kier alpha value is -0.830. The summed E-state index contributed by atoms with van der Waals surface area (Å²) >= 11 is 0. The summed E-state index contributed by atoms with van der Waals surface area (Å²) in [6.07, 6.45) is 9.24. The minimum atomic E-state index is 0. The average Bonchev–Trinajstić information content (AvgIpc) is 3.18. The summed E-state index contributed by atoms with van der Waals surface area (Å²) < 4.78 is 7.66. The zero-order chi connectivity index (χ0) is 15.4. The van der Waals surface area contributed by atoms with Crippen molar-refractivity contribution in [2.75, 3.05) is 33.3 Å². The van der Waals surface area contributed by atoms with Gasteiger partial charge in [0.1, 0.15) is 0 Å². The number of ether oxygens (including phenoxy) is 1. The van der Waals surface area contributed by atoms with Gasteiger partial charge in [0.25, 0.3) is 0 Å². The molecule has 0 aromatic carbocycles. The van der Waals surface area contributed by atoms with E-state index in [0.717, 1.165) is 45.0 Å². The molecule has 3 heterocycles. The van der Waals surface area contributed by atoms with E-state index in [1.165, 1.54) is 18.4 Å². The highest BCUT2D eigenvalue weighted by Crippen LogP contribution is 2.26. The third kappa shape index (κ3) is 4.82. The first-order valence-electron chi connectivity index (χ1n) is 8.32. The number of rotatable bonds is 3. The molecule has 23 heavy (non-hydrogen) atoms. The van der Waals surface area contributed by atoms with Crippen molar-refractivity contribution in [3.8, 4) is 0 Å². The maximum absolute atomic E-state index is 5.78. The number of aliphatic imine (C=N–C) groups is 1. The maximum atomic E-state index is 5.78. The SMILES string of the molecule is CN=C(NCC1CCCCO1)N1CCC(c2cnn(C)c2)C1.I. The quantitative estimate of drug-likeness (QED) is 0.450. The molecule has 0 saturated carbocycles. The van der Waals surface area contributed by atoms with Crippen molar-refractivity contribution >= 4 is 29.9 Å². The van der Waals surface area contributed by atoms with E-state index in [9.17, 15) is 0 Å². The molecule has 3 rings (SSSR count). The van der Waals surface area contributed by atoms with E-state index >= 15 is 0 Å². The van der Waals surface area contributed by atoms with Crippen LogP contribution in [0, 0.1) is 0 Å². The van der Waals surface area contributed by atoms with Gasteiger partial charge < -0.3 is 15.0 Å². The Morgan fingerprint density at radius 1 is 1.43 bits per heavy atom. The molecule has 130 valence electrons. The van der Waals surface area contributed by atoms with E-state index in [4.69, 9.17) is 4.74 Å². The molecule has 0 bridgehead atoms. The molecule has 2 fully saturated rings. The van der Waals surface area contributed by atoms with Gasteiger partial charge in [0.2, 0.25) is 0 Å². The average molecular weight is 433 g/mol. The van der Waals surface area contributed by atoms with Crippen molar-refractivity contribution in [3.63, 3.8) is 0 Å². The molecule has 1 N–H and O–H groups in total. The summed E-state index contributed by atoms with van der Waals surface area (Å²) in [4.78, 5) is 6.79. The van der Waals surface area contributed by atoms with Gasteiger partial charge in [-0.2, -0.15) is 5.10 Å². The Morgan fingerprint density at radius 2 is 2.30 bits per heavy atom. The van der Waals surface area contributed by atoms with Gasteiger partial charge in [0, 0.05) is 52.5 Å². The predicted molar refractivity (Wildman–Crippen MR) is 103 cm³/mol. The van der Waals surface area contributed by atoms with Crippen molar-refractivity contribution < 1.29 is 4.74 Å². The first kappa shape index (κ1) is 18.5. The lowest BCUT2D eigenvalue weighted by molar-refractivity contribution is 0.0191. The van der Waals surface area contributed by atoms with E-state index in [0.29, 0.717) is 12.0 Å². The predicted octanol–water partition coefficient (Wildman–Crippen LogP) is 1.97. The molecule has 1 aromatic heterocycles. The second kappa shape index (κ2) is 8.86. The van der Waals surface area contributed by atoms with Gasteiger partial charge in [-0.05, 0) is 31.2 Å². The van der Waals surface area contributed by atoms with Crippen molar-refractivity contribution in [3.05, 3.63) is 18.0 Å². The molecule has 2 unspecified atom stereocenters. The summed E-state index contributed by atoms with van der Waals surface area (Å²) in [6.45, 7) is 3.82. The number of aromatic nitrogens is 2. The second-order valence-corrected chi connectivity index (χ2v) is 6.30. The molecular formula is C16H28IN5O. The Balaban J connectivity index is 0.00000192. The zero-order valence-electron chi connectivity index (χ0n) is 14.1.